The monoisotopic (exact) mass is 536 g/mol. The summed E-state index contributed by atoms with van der Waals surface area (Å²) in [6, 6.07) is 15.0. The van der Waals surface area contributed by atoms with Crippen LogP contribution in [0, 0.1) is 5.82 Å². The number of anilines is 2. The maximum Gasteiger partial charge on any atom is 0.237 e. The first-order chi connectivity index (χ1) is 18.1. The molecule has 2 heterocycles. The molecular weight excluding hydrogens is 503 g/mol. The normalized spacial score (nSPS) is 11.9. The molecule has 0 amide bonds. The number of aromatic nitrogens is 3. The minimum atomic E-state index is -3.78. The lowest BCUT2D eigenvalue weighted by Crippen LogP contribution is -2.17. The van der Waals surface area contributed by atoms with Crippen molar-refractivity contribution in [2.45, 2.75) is 31.9 Å². The number of hydrogen-bond acceptors (Lipinski definition) is 7. The van der Waals surface area contributed by atoms with E-state index >= 15 is 4.39 Å². The van der Waals surface area contributed by atoms with E-state index in [9.17, 15) is 8.42 Å². The molecule has 0 aliphatic carbocycles. The van der Waals surface area contributed by atoms with E-state index in [1.807, 2.05) is 26.2 Å². The second-order valence-electron chi connectivity index (χ2n) is 9.80. The van der Waals surface area contributed by atoms with Gasteiger partial charge >= 0.3 is 0 Å². The highest BCUT2D eigenvalue weighted by Gasteiger charge is 2.17. The van der Waals surface area contributed by atoms with Crippen molar-refractivity contribution in [3.8, 4) is 11.3 Å². The van der Waals surface area contributed by atoms with Crippen LogP contribution in [0.4, 0.5) is 16.0 Å². The highest BCUT2D eigenvalue weighted by molar-refractivity contribution is 7.91. The molecule has 8 nitrogen and oxygen atoms in total. The van der Waals surface area contributed by atoms with Crippen LogP contribution in [0.1, 0.15) is 37.3 Å². The van der Waals surface area contributed by atoms with Crippen LogP contribution in [0.5, 0.6) is 0 Å². The second-order valence-corrected chi connectivity index (χ2v) is 11.5. The molecule has 0 aliphatic heterocycles. The van der Waals surface area contributed by atoms with E-state index in [0.717, 1.165) is 30.6 Å². The largest absolute Gasteiger partial charge is 0.354 e. The lowest BCUT2D eigenvalue weighted by Gasteiger charge is -2.14. The summed E-state index contributed by atoms with van der Waals surface area (Å²) >= 11 is 0. The Morgan fingerprint density at radius 3 is 2.47 bits per heavy atom. The number of hydrogen-bond donors (Lipinski definition) is 2. The quantitative estimate of drug-likeness (QED) is 0.252. The molecule has 0 saturated carbocycles. The van der Waals surface area contributed by atoms with Gasteiger partial charge in [0, 0.05) is 12.1 Å². The molecule has 4 aromatic rings. The maximum atomic E-state index is 15.0. The van der Waals surface area contributed by atoms with Gasteiger partial charge in [-0.05, 0) is 62.3 Å². The lowest BCUT2D eigenvalue weighted by molar-refractivity contribution is 0.405. The fourth-order valence-corrected chi connectivity index (χ4v) is 5.27. The maximum absolute atomic E-state index is 15.0. The predicted octanol–water partition coefficient (Wildman–Crippen LogP) is 5.26. The van der Waals surface area contributed by atoms with Crippen LogP contribution < -0.4 is 10.0 Å². The smallest absolute Gasteiger partial charge is 0.237 e. The summed E-state index contributed by atoms with van der Waals surface area (Å²) in [5, 5.41) is 3.27. The van der Waals surface area contributed by atoms with Crippen LogP contribution in [0.25, 0.3) is 22.3 Å². The third-order valence-electron chi connectivity index (χ3n) is 5.99. The molecule has 0 atom stereocenters. The molecule has 2 N–H and O–H groups in total. The van der Waals surface area contributed by atoms with Crippen LogP contribution in [-0.2, 0) is 15.8 Å². The highest BCUT2D eigenvalue weighted by atomic mass is 32.2. The Bertz CT molecular complexity index is 1510. The Hall–Kier alpha value is -3.63. The average molecular weight is 537 g/mol. The van der Waals surface area contributed by atoms with Gasteiger partial charge in [-0.1, -0.05) is 50.2 Å². The number of sulfonamides is 1. The number of benzene rings is 2. The molecule has 2 aromatic heterocycles. The molecule has 10 heteroatoms. The molecule has 0 aliphatic rings. The lowest BCUT2D eigenvalue weighted by atomic mass is 9.99. The average Bonchev–Trinajstić information content (AvgIpc) is 2.87. The van der Waals surface area contributed by atoms with Crippen LogP contribution in [-0.4, -0.2) is 55.5 Å². The molecule has 200 valence electrons. The van der Waals surface area contributed by atoms with Gasteiger partial charge in [0.2, 0.25) is 16.0 Å². The van der Waals surface area contributed by atoms with Crippen LogP contribution in [0.2, 0.25) is 0 Å². The Labute approximate surface area is 223 Å². The molecular formula is C28H33FN6O2S. The number of nitrogens with zero attached hydrogens (tertiary/aromatic N) is 4. The molecule has 4 rings (SSSR count). The van der Waals surface area contributed by atoms with Crippen molar-refractivity contribution in [2.24, 2.45) is 0 Å². The van der Waals surface area contributed by atoms with Gasteiger partial charge in [0.05, 0.1) is 28.8 Å². The molecule has 0 radical (unpaired) electrons. The van der Waals surface area contributed by atoms with Crippen molar-refractivity contribution in [1.82, 2.24) is 19.9 Å². The summed E-state index contributed by atoms with van der Waals surface area (Å²) in [6.07, 6.45) is 2.64. The van der Waals surface area contributed by atoms with E-state index in [1.54, 1.807) is 36.5 Å². The van der Waals surface area contributed by atoms with Crippen LogP contribution in [0.15, 0.2) is 60.8 Å². The SMILES string of the molecule is CC(C)c1cc(-c2ccc(NS(=O)(=O)Cc3ccccc3)c(F)c2)nc2cnc(NCCCN(C)C)nc12. The van der Waals surface area contributed by atoms with Gasteiger partial charge in [0.25, 0.3) is 0 Å². The molecule has 0 unspecified atom stereocenters. The van der Waals surface area contributed by atoms with E-state index in [-0.39, 0.29) is 17.4 Å². The summed E-state index contributed by atoms with van der Waals surface area (Å²) in [7, 11) is 0.291. The van der Waals surface area contributed by atoms with Gasteiger partial charge < -0.3 is 10.2 Å². The minimum Gasteiger partial charge on any atom is -0.354 e. The van der Waals surface area contributed by atoms with E-state index in [4.69, 9.17) is 4.98 Å². The summed E-state index contributed by atoms with van der Waals surface area (Å²) in [6.45, 7) is 5.85. The molecule has 0 saturated heterocycles. The fourth-order valence-electron chi connectivity index (χ4n) is 4.07. The van der Waals surface area contributed by atoms with Gasteiger partial charge in [0.1, 0.15) is 11.3 Å². The minimum absolute atomic E-state index is 0.108. The molecule has 2 aromatic carbocycles. The van der Waals surface area contributed by atoms with Gasteiger partial charge in [-0.3, -0.25) is 4.72 Å². The van der Waals surface area contributed by atoms with Gasteiger partial charge in [0.15, 0.2) is 0 Å². The standard InChI is InChI=1S/C28H33FN6O2S/c1-19(2)22-16-25(32-26-17-31-28(33-27(22)26)30-13-8-14-35(3)4)21-11-12-24(23(29)15-21)34-38(36,37)18-20-9-6-5-7-10-20/h5-7,9-12,15-17,19,34H,8,13-14,18H2,1-4H3,(H,30,31,33). The molecule has 0 fully saturated rings. The topological polar surface area (TPSA) is 100 Å². The zero-order chi connectivity index (χ0) is 27.3. The van der Waals surface area contributed by atoms with E-state index in [0.29, 0.717) is 28.3 Å². The van der Waals surface area contributed by atoms with Crippen molar-refractivity contribution in [3.05, 3.63) is 77.7 Å². The van der Waals surface area contributed by atoms with Gasteiger partial charge in [-0.15, -0.1) is 0 Å². The molecule has 38 heavy (non-hydrogen) atoms. The zero-order valence-corrected chi connectivity index (χ0v) is 22.9. The number of nitrogens with one attached hydrogen (secondary N) is 2. The Morgan fingerprint density at radius 1 is 1.03 bits per heavy atom. The van der Waals surface area contributed by atoms with Crippen LogP contribution >= 0.6 is 0 Å². The summed E-state index contributed by atoms with van der Waals surface area (Å²) < 4.78 is 42.5. The van der Waals surface area contributed by atoms with E-state index in [2.05, 4.69) is 38.8 Å². The fraction of sp³-hybridized carbons (Fsp3) is 0.321. The summed E-state index contributed by atoms with van der Waals surface area (Å²) in [4.78, 5) is 15.9. The number of fused-ring (bicyclic) bond motifs is 1. The third kappa shape index (κ3) is 7.02. The summed E-state index contributed by atoms with van der Waals surface area (Å²) in [5.41, 5.74) is 3.93. The van der Waals surface area contributed by atoms with E-state index in [1.165, 1.54) is 12.1 Å². The Balaban J connectivity index is 1.57. The Kier molecular flexibility index (Phi) is 8.53. The van der Waals surface area contributed by atoms with Crippen molar-refractivity contribution < 1.29 is 12.8 Å². The van der Waals surface area contributed by atoms with Crippen molar-refractivity contribution in [1.29, 1.82) is 0 Å². The zero-order valence-electron chi connectivity index (χ0n) is 22.1. The first-order valence-corrected chi connectivity index (χ1v) is 14.2. The molecule has 0 spiro atoms. The first-order valence-electron chi connectivity index (χ1n) is 12.5. The van der Waals surface area contributed by atoms with Crippen molar-refractivity contribution in [3.63, 3.8) is 0 Å². The molecule has 0 bridgehead atoms. The van der Waals surface area contributed by atoms with Gasteiger partial charge in [-0.25, -0.2) is 27.8 Å². The summed E-state index contributed by atoms with van der Waals surface area (Å²) in [5.74, 6) is -0.234. The van der Waals surface area contributed by atoms with Crippen LogP contribution in [0.3, 0.4) is 0 Å². The number of rotatable bonds is 11. The Morgan fingerprint density at radius 2 is 1.79 bits per heavy atom. The predicted molar refractivity (Wildman–Crippen MR) is 151 cm³/mol. The second kappa shape index (κ2) is 11.8. The van der Waals surface area contributed by atoms with Crippen molar-refractivity contribution >= 4 is 32.7 Å². The van der Waals surface area contributed by atoms with Crippen molar-refractivity contribution in [2.75, 3.05) is 37.2 Å². The first kappa shape index (κ1) is 27.4. The van der Waals surface area contributed by atoms with E-state index < -0.39 is 15.8 Å². The highest BCUT2D eigenvalue weighted by Crippen LogP contribution is 2.30. The van der Waals surface area contributed by atoms with Gasteiger partial charge in [-0.2, -0.15) is 0 Å². The number of pyridine rings is 1. The number of halogens is 1. The third-order valence-corrected chi connectivity index (χ3v) is 7.24.